The van der Waals surface area contributed by atoms with Crippen molar-refractivity contribution in [3.8, 4) is 0 Å². The first-order valence-corrected chi connectivity index (χ1v) is 6.05. The Bertz CT molecular complexity index is 809. The van der Waals surface area contributed by atoms with Gasteiger partial charge in [-0.15, -0.1) is 0 Å². The van der Waals surface area contributed by atoms with Gasteiger partial charge in [-0.1, -0.05) is 30.3 Å². The third kappa shape index (κ3) is 3.60. The summed E-state index contributed by atoms with van der Waals surface area (Å²) in [6.07, 6.45) is -1.02. The lowest BCUT2D eigenvalue weighted by Gasteiger charge is -2.08. The Morgan fingerprint density at radius 3 is 2.45 bits per heavy atom. The van der Waals surface area contributed by atoms with Crippen molar-refractivity contribution in [3.63, 3.8) is 0 Å². The molecule has 2 rings (SSSR count). The molecule has 4 N–H and O–H groups in total. The van der Waals surface area contributed by atoms with Crippen LogP contribution in [0.4, 0.5) is 10.5 Å². The summed E-state index contributed by atoms with van der Waals surface area (Å²) in [4.78, 5) is 48.9. The van der Waals surface area contributed by atoms with Gasteiger partial charge in [-0.3, -0.25) is 20.1 Å². The average molecular weight is 305 g/mol. The third-order valence-electron chi connectivity index (χ3n) is 2.60. The van der Waals surface area contributed by atoms with Crippen molar-refractivity contribution in [1.82, 2.24) is 9.97 Å². The van der Waals surface area contributed by atoms with E-state index in [4.69, 9.17) is 9.84 Å². The van der Waals surface area contributed by atoms with Crippen LogP contribution >= 0.6 is 0 Å². The number of amides is 1. The molecule has 0 spiro atoms. The Morgan fingerprint density at radius 2 is 1.82 bits per heavy atom. The highest BCUT2D eigenvalue weighted by molar-refractivity contribution is 5.96. The second-order valence-electron chi connectivity index (χ2n) is 4.15. The highest BCUT2D eigenvalue weighted by Gasteiger charge is 2.18. The normalized spacial score (nSPS) is 10.0. The number of hydrogen-bond donors (Lipinski definition) is 4. The topological polar surface area (TPSA) is 141 Å². The molecule has 1 amide bonds. The summed E-state index contributed by atoms with van der Waals surface area (Å²) in [5.41, 5.74) is -2.66. The summed E-state index contributed by atoms with van der Waals surface area (Å²) in [5.74, 6) is -1.57. The molecule has 0 aliphatic rings. The third-order valence-corrected chi connectivity index (χ3v) is 2.60. The molecule has 0 atom stereocenters. The fraction of sp³-hybridized carbons (Fsp3) is 0.0769. The second-order valence-corrected chi connectivity index (χ2v) is 4.15. The minimum Gasteiger partial charge on any atom is -0.477 e. The zero-order chi connectivity index (χ0) is 16.1. The maximum absolute atomic E-state index is 11.6. The predicted molar refractivity (Wildman–Crippen MR) is 74.9 cm³/mol. The second kappa shape index (κ2) is 6.39. The van der Waals surface area contributed by atoms with Crippen molar-refractivity contribution < 1.29 is 19.4 Å². The molecule has 0 saturated carbocycles. The highest BCUT2D eigenvalue weighted by atomic mass is 16.5. The van der Waals surface area contributed by atoms with Gasteiger partial charge in [0.15, 0.2) is 5.69 Å². The van der Waals surface area contributed by atoms with E-state index >= 15 is 0 Å². The van der Waals surface area contributed by atoms with Crippen LogP contribution in [0.2, 0.25) is 0 Å². The van der Waals surface area contributed by atoms with Gasteiger partial charge in [0, 0.05) is 0 Å². The summed E-state index contributed by atoms with van der Waals surface area (Å²) in [6.45, 7) is -0.0592. The number of rotatable bonds is 4. The van der Waals surface area contributed by atoms with Crippen LogP contribution in [0.15, 0.2) is 39.9 Å². The molecule has 0 radical (unpaired) electrons. The number of aromatic carboxylic acids is 1. The van der Waals surface area contributed by atoms with Crippen LogP contribution in [0, 0.1) is 0 Å². The molecular weight excluding hydrogens is 294 g/mol. The lowest BCUT2D eigenvalue weighted by Crippen LogP contribution is -2.31. The van der Waals surface area contributed by atoms with E-state index in [2.05, 4.69) is 0 Å². The molecule has 0 fully saturated rings. The Labute approximate surface area is 122 Å². The summed E-state index contributed by atoms with van der Waals surface area (Å²) in [6, 6.07) is 8.76. The van der Waals surface area contributed by atoms with Gasteiger partial charge in [-0.25, -0.2) is 14.4 Å². The number of carboxylic acids is 1. The van der Waals surface area contributed by atoms with E-state index in [1.54, 1.807) is 30.3 Å². The Balaban J connectivity index is 2.13. The standard InChI is InChI=1S/C13H11N3O6/c17-10-8(9(11(18)19)14-12(20)16-10)15-13(21)22-6-7-4-2-1-3-5-7/h1-5H,6H2,(H,15,21)(H,18,19)(H2,14,16,17,20). The van der Waals surface area contributed by atoms with Crippen molar-refractivity contribution in [2.75, 3.05) is 5.32 Å². The van der Waals surface area contributed by atoms with Crippen LogP contribution in [0.5, 0.6) is 0 Å². The molecule has 9 nitrogen and oxygen atoms in total. The molecule has 0 aliphatic carbocycles. The van der Waals surface area contributed by atoms with Gasteiger partial charge in [0.25, 0.3) is 5.56 Å². The molecule has 0 unspecified atom stereocenters. The number of hydrogen-bond acceptors (Lipinski definition) is 5. The van der Waals surface area contributed by atoms with E-state index in [0.29, 0.717) is 5.56 Å². The fourth-order valence-corrected chi connectivity index (χ4v) is 1.63. The molecule has 22 heavy (non-hydrogen) atoms. The van der Waals surface area contributed by atoms with Gasteiger partial charge in [0.1, 0.15) is 12.3 Å². The number of aromatic amines is 2. The van der Waals surface area contributed by atoms with Crippen LogP contribution in [0.1, 0.15) is 16.1 Å². The number of benzene rings is 1. The van der Waals surface area contributed by atoms with Crippen molar-refractivity contribution in [3.05, 3.63) is 62.4 Å². The first-order chi connectivity index (χ1) is 10.5. The zero-order valence-corrected chi connectivity index (χ0v) is 11.1. The predicted octanol–water partition coefficient (Wildman–Crippen LogP) is 0.510. The number of anilines is 1. The van der Waals surface area contributed by atoms with Gasteiger partial charge in [0.2, 0.25) is 0 Å². The number of H-pyrrole nitrogens is 2. The molecule has 1 heterocycles. The van der Waals surface area contributed by atoms with Crippen LogP contribution in [-0.2, 0) is 11.3 Å². The highest BCUT2D eigenvalue weighted by Crippen LogP contribution is 2.06. The van der Waals surface area contributed by atoms with Crippen LogP contribution in [-0.4, -0.2) is 27.1 Å². The quantitative estimate of drug-likeness (QED) is 0.648. The fourth-order valence-electron chi connectivity index (χ4n) is 1.63. The zero-order valence-electron chi connectivity index (χ0n) is 11.1. The average Bonchev–Trinajstić information content (AvgIpc) is 2.48. The number of nitrogens with one attached hydrogen (secondary N) is 3. The minimum atomic E-state index is -1.57. The molecule has 9 heteroatoms. The molecule has 0 saturated heterocycles. The molecule has 0 aliphatic heterocycles. The molecule has 1 aromatic heterocycles. The molecule has 0 bridgehead atoms. The van der Waals surface area contributed by atoms with Crippen molar-refractivity contribution >= 4 is 17.7 Å². The number of carboxylic acid groups (broad SMARTS) is 1. The van der Waals surface area contributed by atoms with E-state index in [1.165, 1.54) is 0 Å². The van der Waals surface area contributed by atoms with Crippen molar-refractivity contribution in [2.24, 2.45) is 0 Å². The number of ether oxygens (including phenoxy) is 1. The Hall–Kier alpha value is -3.36. The maximum atomic E-state index is 11.6. The maximum Gasteiger partial charge on any atom is 0.412 e. The molecular formula is C13H11N3O6. The van der Waals surface area contributed by atoms with Gasteiger partial charge in [0.05, 0.1) is 0 Å². The number of aromatic nitrogens is 2. The van der Waals surface area contributed by atoms with E-state index in [0.717, 1.165) is 0 Å². The van der Waals surface area contributed by atoms with Crippen molar-refractivity contribution in [1.29, 1.82) is 0 Å². The first kappa shape index (κ1) is 15.0. The van der Waals surface area contributed by atoms with E-state index in [9.17, 15) is 19.2 Å². The van der Waals surface area contributed by atoms with E-state index in [1.807, 2.05) is 15.3 Å². The number of carbonyl (C=O) groups excluding carboxylic acids is 1. The summed E-state index contributed by atoms with van der Waals surface area (Å²) in [5, 5.41) is 10.9. The van der Waals surface area contributed by atoms with Gasteiger partial charge >= 0.3 is 17.8 Å². The molecule has 114 valence electrons. The number of carbonyl (C=O) groups is 2. The van der Waals surface area contributed by atoms with Gasteiger partial charge in [-0.2, -0.15) is 0 Å². The lowest BCUT2D eigenvalue weighted by molar-refractivity contribution is 0.0691. The molecule has 2 aromatic rings. The van der Waals surface area contributed by atoms with E-state index in [-0.39, 0.29) is 6.61 Å². The summed E-state index contributed by atoms with van der Waals surface area (Å²) >= 11 is 0. The van der Waals surface area contributed by atoms with Gasteiger partial charge < -0.3 is 9.84 Å². The first-order valence-electron chi connectivity index (χ1n) is 6.05. The smallest absolute Gasteiger partial charge is 0.412 e. The van der Waals surface area contributed by atoms with Crippen LogP contribution < -0.4 is 16.6 Å². The van der Waals surface area contributed by atoms with E-state index < -0.39 is 34.7 Å². The lowest BCUT2D eigenvalue weighted by atomic mass is 10.2. The largest absolute Gasteiger partial charge is 0.477 e. The summed E-state index contributed by atoms with van der Waals surface area (Å²) in [7, 11) is 0. The van der Waals surface area contributed by atoms with Crippen LogP contribution in [0.25, 0.3) is 0 Å². The monoisotopic (exact) mass is 305 g/mol. The summed E-state index contributed by atoms with van der Waals surface area (Å²) < 4.78 is 4.86. The Morgan fingerprint density at radius 1 is 1.14 bits per heavy atom. The Kier molecular flexibility index (Phi) is 4.37. The minimum absolute atomic E-state index is 0.0592. The van der Waals surface area contributed by atoms with Crippen molar-refractivity contribution in [2.45, 2.75) is 6.61 Å². The SMILES string of the molecule is O=C(Nc1c(C(=O)O)[nH]c(=O)[nH]c1=O)OCc1ccccc1. The van der Waals surface area contributed by atoms with Gasteiger partial charge in [-0.05, 0) is 5.56 Å². The molecule has 1 aromatic carbocycles. The van der Waals surface area contributed by atoms with Crippen LogP contribution in [0.3, 0.4) is 0 Å².